The number of hydrogen-bond donors (Lipinski definition) is 2. The van der Waals surface area contributed by atoms with Gasteiger partial charge in [-0.25, -0.2) is 0 Å². The van der Waals surface area contributed by atoms with E-state index in [0.717, 1.165) is 19.3 Å². The lowest BCUT2D eigenvalue weighted by molar-refractivity contribution is -0.0936. The summed E-state index contributed by atoms with van der Waals surface area (Å²) >= 11 is 0. The quantitative estimate of drug-likeness (QED) is 0.516. The first kappa shape index (κ1) is 11.5. The van der Waals surface area contributed by atoms with Crippen LogP contribution in [0.2, 0.25) is 0 Å². The van der Waals surface area contributed by atoms with Crippen molar-refractivity contribution in [3.05, 3.63) is 0 Å². The molecule has 82 valence electrons. The predicted molar refractivity (Wildman–Crippen MR) is 55.5 cm³/mol. The molecule has 4 heteroatoms. The van der Waals surface area contributed by atoms with Gasteiger partial charge in [0, 0.05) is 5.92 Å². The van der Waals surface area contributed by atoms with Gasteiger partial charge in [-0.2, -0.15) is 0 Å². The molecule has 1 aliphatic heterocycles. The highest BCUT2D eigenvalue weighted by Crippen LogP contribution is 2.17. The normalized spacial score (nSPS) is 24.5. The standard InChI is InChI=1S/C10H20N2O2/c1-2-3-8(10(11)12)6-9-7-13-4-5-14-9/h8-9H,2-7H2,1H3,(H3,11,12). The van der Waals surface area contributed by atoms with Crippen molar-refractivity contribution in [3.63, 3.8) is 0 Å². The highest BCUT2D eigenvalue weighted by molar-refractivity contribution is 5.79. The van der Waals surface area contributed by atoms with Crippen LogP contribution in [0.4, 0.5) is 0 Å². The molecule has 0 aromatic carbocycles. The first-order valence-electron chi connectivity index (χ1n) is 5.27. The van der Waals surface area contributed by atoms with E-state index in [0.29, 0.717) is 19.8 Å². The second-order valence-corrected chi connectivity index (χ2v) is 3.74. The molecule has 1 heterocycles. The predicted octanol–water partition coefficient (Wildman–Crippen LogP) is 1.14. The number of hydrogen-bond acceptors (Lipinski definition) is 3. The van der Waals surface area contributed by atoms with Crippen LogP contribution in [0, 0.1) is 11.3 Å². The molecule has 1 saturated heterocycles. The molecule has 1 fully saturated rings. The molecular formula is C10H20N2O2. The van der Waals surface area contributed by atoms with Crippen LogP contribution in [0.1, 0.15) is 26.2 Å². The fraction of sp³-hybridized carbons (Fsp3) is 0.900. The first-order valence-corrected chi connectivity index (χ1v) is 5.27. The zero-order valence-electron chi connectivity index (χ0n) is 8.79. The molecule has 2 unspecified atom stereocenters. The Morgan fingerprint density at radius 1 is 1.57 bits per heavy atom. The van der Waals surface area contributed by atoms with Gasteiger partial charge in [0.2, 0.25) is 0 Å². The van der Waals surface area contributed by atoms with E-state index in [-0.39, 0.29) is 17.9 Å². The van der Waals surface area contributed by atoms with E-state index in [1.165, 1.54) is 0 Å². The minimum atomic E-state index is 0.129. The van der Waals surface area contributed by atoms with Crippen molar-refractivity contribution in [1.29, 1.82) is 5.41 Å². The molecule has 3 N–H and O–H groups in total. The second kappa shape index (κ2) is 5.98. The summed E-state index contributed by atoms with van der Waals surface area (Å²) in [6.45, 7) is 4.11. The van der Waals surface area contributed by atoms with Gasteiger partial charge in [0.15, 0.2) is 0 Å². The summed E-state index contributed by atoms with van der Waals surface area (Å²) in [5.74, 6) is 0.438. The summed E-state index contributed by atoms with van der Waals surface area (Å²) in [4.78, 5) is 0. The van der Waals surface area contributed by atoms with Gasteiger partial charge in [0.1, 0.15) is 0 Å². The SMILES string of the molecule is CCCC(CC1COCCO1)C(=N)N. The molecule has 2 atom stereocenters. The molecule has 0 bridgehead atoms. The van der Waals surface area contributed by atoms with Crippen LogP contribution in [0.15, 0.2) is 0 Å². The average molecular weight is 200 g/mol. The summed E-state index contributed by atoms with van der Waals surface area (Å²) < 4.78 is 10.8. The molecule has 1 aliphatic rings. The third kappa shape index (κ3) is 3.64. The summed E-state index contributed by atoms with van der Waals surface area (Å²) in [5, 5.41) is 7.45. The highest BCUT2D eigenvalue weighted by Gasteiger charge is 2.21. The molecule has 0 aromatic heterocycles. The van der Waals surface area contributed by atoms with Crippen molar-refractivity contribution in [2.24, 2.45) is 11.7 Å². The number of nitrogens with one attached hydrogen (secondary N) is 1. The van der Waals surface area contributed by atoms with Gasteiger partial charge < -0.3 is 15.2 Å². The van der Waals surface area contributed by atoms with E-state index in [2.05, 4.69) is 6.92 Å². The van der Waals surface area contributed by atoms with E-state index in [1.54, 1.807) is 0 Å². The fourth-order valence-corrected chi connectivity index (χ4v) is 1.74. The van der Waals surface area contributed by atoms with E-state index in [4.69, 9.17) is 20.6 Å². The lowest BCUT2D eigenvalue weighted by atomic mass is 9.95. The van der Waals surface area contributed by atoms with Crippen LogP contribution in [0.3, 0.4) is 0 Å². The molecule has 0 aromatic rings. The maximum absolute atomic E-state index is 7.45. The van der Waals surface area contributed by atoms with Gasteiger partial charge in [-0.15, -0.1) is 0 Å². The third-order valence-corrected chi connectivity index (χ3v) is 2.51. The van der Waals surface area contributed by atoms with Crippen LogP contribution in [0.25, 0.3) is 0 Å². The van der Waals surface area contributed by atoms with E-state index in [9.17, 15) is 0 Å². The Hall–Kier alpha value is -0.610. The van der Waals surface area contributed by atoms with Gasteiger partial charge in [-0.3, -0.25) is 5.41 Å². The van der Waals surface area contributed by atoms with Gasteiger partial charge >= 0.3 is 0 Å². The smallest absolute Gasteiger partial charge is 0.0937 e. The lowest BCUT2D eigenvalue weighted by Crippen LogP contribution is -2.34. The Labute approximate surface area is 85.3 Å². The van der Waals surface area contributed by atoms with Crippen LogP contribution in [-0.4, -0.2) is 31.8 Å². The van der Waals surface area contributed by atoms with Crippen LogP contribution < -0.4 is 5.73 Å². The Morgan fingerprint density at radius 2 is 2.36 bits per heavy atom. The maximum Gasteiger partial charge on any atom is 0.0937 e. The van der Waals surface area contributed by atoms with Crippen molar-refractivity contribution in [2.45, 2.75) is 32.3 Å². The molecule has 0 radical (unpaired) electrons. The van der Waals surface area contributed by atoms with Crippen molar-refractivity contribution in [3.8, 4) is 0 Å². The first-order chi connectivity index (χ1) is 6.74. The van der Waals surface area contributed by atoms with Gasteiger partial charge in [0.05, 0.1) is 31.8 Å². The van der Waals surface area contributed by atoms with Crippen LogP contribution in [-0.2, 0) is 9.47 Å². The molecule has 0 saturated carbocycles. The fourth-order valence-electron chi connectivity index (χ4n) is 1.74. The zero-order chi connectivity index (χ0) is 10.4. The largest absolute Gasteiger partial charge is 0.387 e. The Bertz CT molecular complexity index is 179. The zero-order valence-corrected chi connectivity index (χ0v) is 8.79. The second-order valence-electron chi connectivity index (χ2n) is 3.74. The van der Waals surface area contributed by atoms with Gasteiger partial charge in [0.25, 0.3) is 0 Å². The van der Waals surface area contributed by atoms with E-state index >= 15 is 0 Å². The van der Waals surface area contributed by atoms with E-state index < -0.39 is 0 Å². The Morgan fingerprint density at radius 3 is 2.86 bits per heavy atom. The van der Waals surface area contributed by atoms with Crippen molar-refractivity contribution >= 4 is 5.84 Å². The maximum atomic E-state index is 7.45. The third-order valence-electron chi connectivity index (χ3n) is 2.51. The van der Waals surface area contributed by atoms with Crippen LogP contribution >= 0.6 is 0 Å². The summed E-state index contributed by atoms with van der Waals surface area (Å²) in [6.07, 6.45) is 2.97. The molecule has 0 aliphatic carbocycles. The minimum Gasteiger partial charge on any atom is -0.387 e. The van der Waals surface area contributed by atoms with Crippen LogP contribution in [0.5, 0.6) is 0 Å². The monoisotopic (exact) mass is 200 g/mol. The molecule has 0 spiro atoms. The molecule has 14 heavy (non-hydrogen) atoms. The average Bonchev–Trinajstić information content (AvgIpc) is 2.18. The number of amidine groups is 1. The van der Waals surface area contributed by atoms with Crippen molar-refractivity contribution in [2.75, 3.05) is 19.8 Å². The van der Waals surface area contributed by atoms with E-state index in [1.807, 2.05) is 0 Å². The number of rotatable bonds is 5. The molecule has 1 rings (SSSR count). The number of nitrogens with two attached hydrogens (primary N) is 1. The molecule has 4 nitrogen and oxygen atoms in total. The Kier molecular flexibility index (Phi) is 4.90. The molecular weight excluding hydrogens is 180 g/mol. The highest BCUT2D eigenvalue weighted by atomic mass is 16.6. The van der Waals surface area contributed by atoms with Crippen molar-refractivity contribution in [1.82, 2.24) is 0 Å². The minimum absolute atomic E-state index is 0.129. The summed E-state index contributed by atoms with van der Waals surface area (Å²) in [5.41, 5.74) is 5.53. The molecule has 0 amide bonds. The van der Waals surface area contributed by atoms with Gasteiger partial charge in [-0.05, 0) is 12.8 Å². The lowest BCUT2D eigenvalue weighted by Gasteiger charge is -2.26. The number of ether oxygens (including phenoxy) is 2. The summed E-state index contributed by atoms with van der Waals surface area (Å²) in [6, 6.07) is 0. The Balaban J connectivity index is 2.33. The van der Waals surface area contributed by atoms with Gasteiger partial charge in [-0.1, -0.05) is 13.3 Å². The van der Waals surface area contributed by atoms with Crippen molar-refractivity contribution < 1.29 is 9.47 Å². The summed E-state index contributed by atoms with van der Waals surface area (Å²) in [7, 11) is 0. The topological polar surface area (TPSA) is 68.3 Å².